The first-order chi connectivity index (χ1) is 14.9. The summed E-state index contributed by atoms with van der Waals surface area (Å²) < 4.78 is 9.89. The summed E-state index contributed by atoms with van der Waals surface area (Å²) in [6, 6.07) is 10.5. The summed E-state index contributed by atoms with van der Waals surface area (Å²) in [6.45, 7) is 0. The number of anilines is 2. The molecule has 0 unspecified atom stereocenters. The number of fused-ring (bicyclic) bond motifs is 1. The fraction of sp³-hybridized carbons (Fsp3) is 0.200. The Kier molecular flexibility index (Phi) is 4.85. The van der Waals surface area contributed by atoms with E-state index in [1.807, 2.05) is 0 Å². The van der Waals surface area contributed by atoms with Crippen molar-refractivity contribution in [3.8, 4) is 5.75 Å². The molecule has 2 aliphatic rings. The number of hydrogen-bond donors (Lipinski definition) is 0. The zero-order valence-corrected chi connectivity index (χ0v) is 16.4. The van der Waals surface area contributed by atoms with Gasteiger partial charge >= 0.3 is 5.97 Å². The number of hydrogen-bond acceptors (Lipinski definition) is 9. The SMILES string of the molecule is COC(=O)C1=NN(c2ccc(OC)cc2)[C@H]2C(=O)N(c3ccc([N+](=O)[O-])cc3)C(=O)[C@H]12. The van der Waals surface area contributed by atoms with Gasteiger partial charge in [0.15, 0.2) is 5.71 Å². The van der Waals surface area contributed by atoms with Crippen LogP contribution in [0.1, 0.15) is 0 Å². The van der Waals surface area contributed by atoms with Crippen LogP contribution in [0, 0.1) is 16.0 Å². The lowest BCUT2D eigenvalue weighted by Crippen LogP contribution is -2.39. The van der Waals surface area contributed by atoms with Crippen LogP contribution in [0.3, 0.4) is 0 Å². The maximum Gasteiger partial charge on any atom is 0.355 e. The van der Waals surface area contributed by atoms with Gasteiger partial charge in [-0.05, 0) is 36.4 Å². The van der Waals surface area contributed by atoms with Crippen LogP contribution >= 0.6 is 0 Å². The van der Waals surface area contributed by atoms with Gasteiger partial charge in [-0.25, -0.2) is 9.69 Å². The fourth-order valence-electron chi connectivity index (χ4n) is 3.61. The Bertz CT molecular complexity index is 1110. The molecule has 31 heavy (non-hydrogen) atoms. The number of carbonyl (C=O) groups is 3. The minimum Gasteiger partial charge on any atom is -0.497 e. The number of hydrazone groups is 1. The van der Waals surface area contributed by atoms with Crippen LogP contribution in [0.4, 0.5) is 17.1 Å². The van der Waals surface area contributed by atoms with Crippen molar-refractivity contribution in [3.05, 3.63) is 58.6 Å². The Labute approximate surface area is 175 Å². The molecule has 4 rings (SSSR count). The molecule has 158 valence electrons. The molecule has 0 spiro atoms. The van der Waals surface area contributed by atoms with Gasteiger partial charge in [0.1, 0.15) is 17.7 Å². The van der Waals surface area contributed by atoms with Crippen molar-refractivity contribution < 1.29 is 28.8 Å². The van der Waals surface area contributed by atoms with Gasteiger partial charge in [-0.3, -0.25) is 24.7 Å². The Hall–Kier alpha value is -4.28. The van der Waals surface area contributed by atoms with Crippen LogP contribution in [0.25, 0.3) is 0 Å². The maximum absolute atomic E-state index is 13.3. The van der Waals surface area contributed by atoms with E-state index in [4.69, 9.17) is 9.47 Å². The highest BCUT2D eigenvalue weighted by Crippen LogP contribution is 2.38. The number of nitro groups is 1. The zero-order chi connectivity index (χ0) is 22.3. The molecule has 1 fully saturated rings. The average Bonchev–Trinajstić information content (AvgIpc) is 3.30. The van der Waals surface area contributed by atoms with Crippen molar-refractivity contribution in [2.24, 2.45) is 11.0 Å². The Morgan fingerprint density at radius 2 is 1.61 bits per heavy atom. The van der Waals surface area contributed by atoms with Crippen molar-refractivity contribution in [1.82, 2.24) is 0 Å². The van der Waals surface area contributed by atoms with E-state index < -0.39 is 34.7 Å². The molecule has 2 aliphatic heterocycles. The zero-order valence-electron chi connectivity index (χ0n) is 16.4. The normalized spacial score (nSPS) is 19.9. The lowest BCUT2D eigenvalue weighted by Gasteiger charge is -2.22. The van der Waals surface area contributed by atoms with Gasteiger partial charge in [0.05, 0.1) is 30.5 Å². The molecule has 0 radical (unpaired) electrons. The third kappa shape index (κ3) is 3.16. The number of amides is 2. The fourth-order valence-corrected chi connectivity index (χ4v) is 3.61. The summed E-state index contributed by atoms with van der Waals surface area (Å²) in [4.78, 5) is 49.9. The monoisotopic (exact) mass is 424 g/mol. The summed E-state index contributed by atoms with van der Waals surface area (Å²) in [5, 5.41) is 16.4. The van der Waals surface area contributed by atoms with E-state index in [1.54, 1.807) is 24.3 Å². The van der Waals surface area contributed by atoms with E-state index in [1.165, 1.54) is 36.4 Å². The van der Waals surface area contributed by atoms with Gasteiger partial charge in [-0.1, -0.05) is 0 Å². The van der Waals surface area contributed by atoms with Crippen LogP contribution in [-0.2, 0) is 19.1 Å². The predicted molar refractivity (Wildman–Crippen MR) is 108 cm³/mol. The summed E-state index contributed by atoms with van der Waals surface area (Å²) >= 11 is 0. The van der Waals surface area contributed by atoms with Gasteiger partial charge in [-0.2, -0.15) is 5.10 Å². The predicted octanol–water partition coefficient (Wildman–Crippen LogP) is 1.51. The van der Waals surface area contributed by atoms with Crippen LogP contribution in [-0.4, -0.2) is 48.7 Å². The molecule has 0 saturated carbocycles. The van der Waals surface area contributed by atoms with Gasteiger partial charge in [0.2, 0.25) is 5.91 Å². The summed E-state index contributed by atoms with van der Waals surface area (Å²) in [5.41, 5.74) is 0.265. The second-order valence-corrected chi connectivity index (χ2v) is 6.73. The highest BCUT2D eigenvalue weighted by molar-refractivity contribution is 6.47. The molecule has 2 heterocycles. The molecule has 1 saturated heterocycles. The second-order valence-electron chi connectivity index (χ2n) is 6.73. The highest BCUT2D eigenvalue weighted by atomic mass is 16.6. The van der Waals surface area contributed by atoms with Gasteiger partial charge < -0.3 is 9.47 Å². The third-order valence-electron chi connectivity index (χ3n) is 5.10. The van der Waals surface area contributed by atoms with E-state index in [2.05, 4.69) is 5.10 Å². The van der Waals surface area contributed by atoms with Crippen molar-refractivity contribution >= 4 is 40.6 Å². The van der Waals surface area contributed by atoms with Crippen molar-refractivity contribution in [2.75, 3.05) is 24.1 Å². The van der Waals surface area contributed by atoms with E-state index in [0.29, 0.717) is 11.4 Å². The molecule has 11 nitrogen and oxygen atoms in total. The Balaban J connectivity index is 1.75. The standard InChI is InChI=1S/C20H16N4O7/c1-30-14-9-7-12(8-10-14)23-17-15(16(21-23)20(27)31-2)18(25)22(19(17)26)11-3-5-13(6-4-11)24(28)29/h3-10,15,17H,1-2H3/t15-,17-/m1/s1. The molecule has 11 heteroatoms. The molecule has 0 bridgehead atoms. The molecule has 2 aromatic carbocycles. The largest absolute Gasteiger partial charge is 0.497 e. The molecular formula is C20H16N4O7. The molecule has 0 aromatic heterocycles. The number of nitrogens with zero attached hydrogens (tertiary/aromatic N) is 4. The smallest absolute Gasteiger partial charge is 0.355 e. The van der Waals surface area contributed by atoms with Crippen LogP contribution < -0.4 is 14.6 Å². The Morgan fingerprint density at radius 3 is 2.16 bits per heavy atom. The van der Waals surface area contributed by atoms with Crippen LogP contribution in [0.5, 0.6) is 5.75 Å². The topological polar surface area (TPSA) is 132 Å². The van der Waals surface area contributed by atoms with Crippen molar-refractivity contribution in [3.63, 3.8) is 0 Å². The lowest BCUT2D eigenvalue weighted by atomic mass is 9.98. The number of ether oxygens (including phenoxy) is 2. The van der Waals surface area contributed by atoms with E-state index in [0.717, 1.165) is 12.0 Å². The van der Waals surface area contributed by atoms with Crippen molar-refractivity contribution in [2.45, 2.75) is 6.04 Å². The second kappa shape index (κ2) is 7.52. The van der Waals surface area contributed by atoms with Crippen molar-refractivity contribution in [1.29, 1.82) is 0 Å². The summed E-state index contributed by atoms with van der Waals surface area (Å²) in [7, 11) is 2.67. The molecule has 2 atom stereocenters. The first-order valence-electron chi connectivity index (χ1n) is 9.09. The van der Waals surface area contributed by atoms with E-state index in [-0.39, 0.29) is 17.1 Å². The quantitative estimate of drug-likeness (QED) is 0.305. The number of rotatable bonds is 5. The highest BCUT2D eigenvalue weighted by Gasteiger charge is 2.59. The first-order valence-corrected chi connectivity index (χ1v) is 9.09. The van der Waals surface area contributed by atoms with Crippen LogP contribution in [0.15, 0.2) is 53.6 Å². The number of methoxy groups -OCH3 is 2. The number of imide groups is 1. The van der Waals surface area contributed by atoms with E-state index in [9.17, 15) is 24.5 Å². The molecular weight excluding hydrogens is 408 g/mol. The number of carbonyl (C=O) groups excluding carboxylic acids is 3. The maximum atomic E-state index is 13.3. The summed E-state index contributed by atoms with van der Waals surface area (Å²) in [6.07, 6.45) is 0. The van der Waals surface area contributed by atoms with Crippen LogP contribution in [0.2, 0.25) is 0 Å². The molecule has 2 amide bonds. The summed E-state index contributed by atoms with van der Waals surface area (Å²) in [5.74, 6) is -2.68. The molecule has 0 N–H and O–H groups in total. The van der Waals surface area contributed by atoms with Gasteiger partial charge in [-0.15, -0.1) is 0 Å². The average molecular weight is 424 g/mol. The minimum absolute atomic E-state index is 0.161. The number of nitro benzene ring substituents is 1. The van der Waals surface area contributed by atoms with Gasteiger partial charge in [0, 0.05) is 12.1 Å². The minimum atomic E-state index is -1.17. The lowest BCUT2D eigenvalue weighted by molar-refractivity contribution is -0.384. The number of benzene rings is 2. The van der Waals surface area contributed by atoms with Gasteiger partial charge in [0.25, 0.3) is 11.6 Å². The number of non-ortho nitro benzene ring substituents is 1. The number of esters is 1. The molecule has 2 aromatic rings. The first kappa shape index (κ1) is 20.0. The Morgan fingerprint density at radius 1 is 1.00 bits per heavy atom. The van der Waals surface area contributed by atoms with E-state index >= 15 is 0 Å². The molecule has 0 aliphatic carbocycles. The third-order valence-corrected chi connectivity index (χ3v) is 5.10.